The minimum atomic E-state index is -3.42. The zero-order chi connectivity index (χ0) is 23.3. The van der Waals surface area contributed by atoms with Gasteiger partial charge < -0.3 is 9.64 Å². The Bertz CT molecular complexity index is 1150. The van der Waals surface area contributed by atoms with Gasteiger partial charge in [-0.1, -0.05) is 18.2 Å². The van der Waals surface area contributed by atoms with Crippen LogP contribution < -0.4 is 9.64 Å². The lowest BCUT2D eigenvalue weighted by Crippen LogP contribution is -2.30. The van der Waals surface area contributed by atoms with Crippen LogP contribution in [-0.4, -0.2) is 38.8 Å². The van der Waals surface area contributed by atoms with Crippen LogP contribution >= 0.6 is 11.3 Å². The van der Waals surface area contributed by atoms with E-state index in [1.54, 1.807) is 39.8 Å². The molecule has 0 saturated carbocycles. The largest absolute Gasteiger partial charge is 0.497 e. The Morgan fingerprint density at radius 1 is 1.03 bits per heavy atom. The van der Waals surface area contributed by atoms with E-state index >= 15 is 0 Å². The second kappa shape index (κ2) is 10.5. The van der Waals surface area contributed by atoms with Gasteiger partial charge in [-0.3, -0.25) is 4.79 Å². The number of methoxy groups -OCH3 is 1. The zero-order valence-electron chi connectivity index (χ0n) is 18.6. The van der Waals surface area contributed by atoms with Crippen molar-refractivity contribution in [2.24, 2.45) is 0 Å². The molecule has 1 amide bonds. The first kappa shape index (κ1) is 23.5. The first-order valence-electron chi connectivity index (χ1n) is 11.0. The normalized spacial score (nSPS) is 14.3. The summed E-state index contributed by atoms with van der Waals surface area (Å²) in [6, 6.07) is 18.4. The van der Waals surface area contributed by atoms with Gasteiger partial charge >= 0.3 is 0 Å². The van der Waals surface area contributed by atoms with Crippen LogP contribution in [0.5, 0.6) is 5.75 Å². The molecule has 6 nitrogen and oxygen atoms in total. The second-order valence-corrected chi connectivity index (χ2v) is 11.0. The number of hydrogen-bond acceptors (Lipinski definition) is 5. The molecule has 2 heterocycles. The first-order valence-corrected chi connectivity index (χ1v) is 13.4. The standard InChI is InChI=1S/C25H28N2O4S2/c1-31-22-11-9-21(10-12-22)27(19-23-5-4-18-32-23)25(28)15-8-20-6-13-24(14-7-20)33(29,30)26-16-2-3-17-26/h4-7,9-14,18H,2-3,8,15-17,19H2,1H3. The van der Waals surface area contributed by atoms with Gasteiger partial charge in [0, 0.05) is 30.1 Å². The number of nitrogens with zero attached hydrogens (tertiary/aromatic N) is 2. The summed E-state index contributed by atoms with van der Waals surface area (Å²) >= 11 is 1.62. The maximum absolute atomic E-state index is 13.2. The molecule has 4 rings (SSSR count). The number of carbonyl (C=O) groups is 1. The number of aryl methyl sites for hydroxylation is 1. The third kappa shape index (κ3) is 5.63. The zero-order valence-corrected chi connectivity index (χ0v) is 20.3. The van der Waals surface area contributed by atoms with Gasteiger partial charge in [0.05, 0.1) is 18.6 Å². The highest BCUT2D eigenvalue weighted by Crippen LogP contribution is 2.25. The molecule has 1 fully saturated rings. The molecule has 0 atom stereocenters. The fourth-order valence-corrected chi connectivity index (χ4v) is 6.15. The van der Waals surface area contributed by atoms with E-state index in [1.165, 1.54) is 0 Å². The summed E-state index contributed by atoms with van der Waals surface area (Å²) < 4.78 is 32.2. The quantitative estimate of drug-likeness (QED) is 0.441. The molecule has 0 radical (unpaired) electrons. The summed E-state index contributed by atoms with van der Waals surface area (Å²) in [5.41, 5.74) is 1.76. The van der Waals surface area contributed by atoms with Crippen LogP contribution in [0, 0.1) is 0 Å². The number of rotatable bonds is 9. The second-order valence-electron chi connectivity index (χ2n) is 8.01. The predicted octanol–water partition coefficient (Wildman–Crippen LogP) is 4.71. The van der Waals surface area contributed by atoms with Crippen LogP contribution in [0.4, 0.5) is 5.69 Å². The first-order chi connectivity index (χ1) is 16.0. The smallest absolute Gasteiger partial charge is 0.243 e. The Balaban J connectivity index is 1.44. The van der Waals surface area contributed by atoms with Gasteiger partial charge in [-0.15, -0.1) is 11.3 Å². The van der Waals surface area contributed by atoms with E-state index in [-0.39, 0.29) is 5.91 Å². The molecule has 1 aliphatic heterocycles. The molecular weight excluding hydrogens is 456 g/mol. The summed E-state index contributed by atoms with van der Waals surface area (Å²) in [7, 11) is -1.81. The Morgan fingerprint density at radius 2 is 1.73 bits per heavy atom. The fourth-order valence-electron chi connectivity index (χ4n) is 3.94. The van der Waals surface area contributed by atoms with Crippen LogP contribution in [0.1, 0.15) is 29.7 Å². The average molecular weight is 485 g/mol. The van der Waals surface area contributed by atoms with E-state index in [0.717, 1.165) is 34.7 Å². The summed E-state index contributed by atoms with van der Waals surface area (Å²) in [5, 5.41) is 2.00. The average Bonchev–Trinajstić information content (AvgIpc) is 3.56. The summed E-state index contributed by atoms with van der Waals surface area (Å²) in [6.45, 7) is 1.68. The van der Waals surface area contributed by atoms with Gasteiger partial charge in [-0.25, -0.2) is 8.42 Å². The molecule has 0 spiro atoms. The summed E-state index contributed by atoms with van der Waals surface area (Å²) in [5.74, 6) is 0.758. The van der Waals surface area contributed by atoms with Crippen LogP contribution in [0.25, 0.3) is 0 Å². The van der Waals surface area contributed by atoms with Crippen molar-refractivity contribution in [1.29, 1.82) is 0 Å². The molecule has 3 aromatic rings. The van der Waals surface area contributed by atoms with Crippen LogP contribution in [0.15, 0.2) is 70.9 Å². The number of ether oxygens (including phenoxy) is 1. The van der Waals surface area contributed by atoms with Crippen molar-refractivity contribution >= 4 is 33.0 Å². The Morgan fingerprint density at radius 3 is 2.33 bits per heavy atom. The van der Waals surface area contributed by atoms with Crippen molar-refractivity contribution in [3.05, 3.63) is 76.5 Å². The predicted molar refractivity (Wildman–Crippen MR) is 131 cm³/mol. The summed E-state index contributed by atoms with van der Waals surface area (Å²) in [6.07, 6.45) is 2.70. The minimum absolute atomic E-state index is 0.0160. The van der Waals surface area contributed by atoms with Crippen molar-refractivity contribution in [3.8, 4) is 5.75 Å². The molecule has 1 aromatic heterocycles. The van der Waals surface area contributed by atoms with Crippen molar-refractivity contribution in [3.63, 3.8) is 0 Å². The molecule has 174 valence electrons. The Kier molecular flexibility index (Phi) is 7.47. The maximum atomic E-state index is 13.2. The lowest BCUT2D eigenvalue weighted by atomic mass is 10.1. The van der Waals surface area contributed by atoms with Crippen molar-refractivity contribution in [2.75, 3.05) is 25.1 Å². The molecule has 0 unspecified atom stereocenters. The van der Waals surface area contributed by atoms with Gasteiger partial charge in [-0.2, -0.15) is 4.31 Å². The molecular formula is C25H28N2O4S2. The molecule has 1 saturated heterocycles. The summed E-state index contributed by atoms with van der Waals surface area (Å²) in [4.78, 5) is 16.4. The van der Waals surface area contributed by atoms with Gasteiger partial charge in [-0.05, 0) is 72.7 Å². The minimum Gasteiger partial charge on any atom is -0.497 e. The highest BCUT2D eigenvalue weighted by Gasteiger charge is 2.27. The maximum Gasteiger partial charge on any atom is 0.243 e. The number of hydrogen-bond donors (Lipinski definition) is 0. The molecule has 33 heavy (non-hydrogen) atoms. The van der Waals surface area contributed by atoms with Crippen molar-refractivity contribution in [2.45, 2.75) is 37.1 Å². The van der Waals surface area contributed by atoms with Gasteiger partial charge in [0.2, 0.25) is 15.9 Å². The SMILES string of the molecule is COc1ccc(N(Cc2cccs2)C(=O)CCc2ccc(S(=O)(=O)N3CCCC3)cc2)cc1. The number of amides is 1. The van der Waals surface area contributed by atoms with E-state index in [2.05, 4.69) is 0 Å². The third-order valence-electron chi connectivity index (χ3n) is 5.83. The third-order valence-corrected chi connectivity index (χ3v) is 8.61. The Labute approximate surface area is 199 Å². The van der Waals surface area contributed by atoms with Crippen molar-refractivity contribution in [1.82, 2.24) is 4.31 Å². The lowest BCUT2D eigenvalue weighted by molar-refractivity contribution is -0.118. The van der Waals surface area contributed by atoms with Gasteiger partial charge in [0.25, 0.3) is 0 Å². The molecule has 0 N–H and O–H groups in total. The molecule has 0 bridgehead atoms. The molecule has 2 aromatic carbocycles. The van der Waals surface area contributed by atoms with Crippen LogP contribution in [-0.2, 0) is 27.8 Å². The topological polar surface area (TPSA) is 66.9 Å². The number of thiophene rings is 1. The monoisotopic (exact) mass is 484 g/mol. The number of carbonyl (C=O) groups excluding carboxylic acids is 1. The fraction of sp³-hybridized carbons (Fsp3) is 0.320. The van der Waals surface area contributed by atoms with E-state index in [4.69, 9.17) is 4.74 Å². The number of benzene rings is 2. The number of anilines is 1. The molecule has 0 aliphatic carbocycles. The van der Waals surface area contributed by atoms with Crippen LogP contribution in [0.2, 0.25) is 0 Å². The van der Waals surface area contributed by atoms with E-state index in [0.29, 0.717) is 37.4 Å². The highest BCUT2D eigenvalue weighted by atomic mass is 32.2. The molecule has 1 aliphatic rings. The number of sulfonamides is 1. The van der Waals surface area contributed by atoms with Gasteiger partial charge in [0.1, 0.15) is 5.75 Å². The van der Waals surface area contributed by atoms with E-state index in [1.807, 2.05) is 53.9 Å². The van der Waals surface area contributed by atoms with Crippen LogP contribution in [0.3, 0.4) is 0 Å². The molecule has 8 heteroatoms. The van der Waals surface area contributed by atoms with E-state index < -0.39 is 10.0 Å². The van der Waals surface area contributed by atoms with E-state index in [9.17, 15) is 13.2 Å². The highest BCUT2D eigenvalue weighted by molar-refractivity contribution is 7.89. The van der Waals surface area contributed by atoms with Crippen molar-refractivity contribution < 1.29 is 17.9 Å². The Hall–Kier alpha value is -2.68. The lowest BCUT2D eigenvalue weighted by Gasteiger charge is -2.23. The van der Waals surface area contributed by atoms with Gasteiger partial charge in [0.15, 0.2) is 0 Å².